The number of hydrogen-bond acceptors (Lipinski definition) is 3. The second-order valence-corrected chi connectivity index (χ2v) is 5.22. The van der Waals surface area contributed by atoms with Crippen LogP contribution >= 0.6 is 0 Å². The predicted octanol–water partition coefficient (Wildman–Crippen LogP) is 1.18. The van der Waals surface area contributed by atoms with Gasteiger partial charge in [0.05, 0.1) is 11.8 Å². The van der Waals surface area contributed by atoms with E-state index in [1.807, 2.05) is 0 Å². The van der Waals surface area contributed by atoms with E-state index in [1.165, 1.54) is 4.90 Å². The van der Waals surface area contributed by atoms with E-state index in [-0.39, 0.29) is 30.3 Å². The minimum Gasteiger partial charge on any atom is -0.396 e. The van der Waals surface area contributed by atoms with Gasteiger partial charge in [-0.05, 0) is 31.6 Å². The van der Waals surface area contributed by atoms with Gasteiger partial charge in [0.25, 0.3) is 0 Å². The van der Waals surface area contributed by atoms with Crippen LogP contribution in [0.4, 0.5) is 0 Å². The molecule has 1 saturated carbocycles. The number of nitrogens with zero attached hydrogens (tertiary/aromatic N) is 1. The zero-order chi connectivity index (χ0) is 12.4. The lowest BCUT2D eigenvalue weighted by atomic mass is 10.00. The van der Waals surface area contributed by atoms with Gasteiger partial charge < -0.3 is 5.11 Å². The van der Waals surface area contributed by atoms with Crippen LogP contribution in [0.5, 0.6) is 0 Å². The molecule has 2 fully saturated rings. The Hall–Kier alpha value is -0.900. The van der Waals surface area contributed by atoms with Gasteiger partial charge in [0, 0.05) is 13.2 Å². The molecular weight excluding hydrogens is 218 g/mol. The molecule has 2 rings (SSSR count). The fourth-order valence-corrected chi connectivity index (χ4v) is 3.13. The molecule has 4 nitrogen and oxygen atoms in total. The van der Waals surface area contributed by atoms with Crippen molar-refractivity contribution >= 4 is 11.8 Å². The van der Waals surface area contributed by atoms with Crippen molar-refractivity contribution in [2.75, 3.05) is 13.2 Å². The molecule has 0 aromatic rings. The first kappa shape index (κ1) is 12.6. The summed E-state index contributed by atoms with van der Waals surface area (Å²) in [6, 6.07) is 0. The number of imide groups is 1. The SMILES string of the molecule is CCC1CC2C(=O)N(CCCCO)C(=O)C2C1. The van der Waals surface area contributed by atoms with E-state index < -0.39 is 0 Å². The van der Waals surface area contributed by atoms with Gasteiger partial charge >= 0.3 is 0 Å². The summed E-state index contributed by atoms with van der Waals surface area (Å²) >= 11 is 0. The smallest absolute Gasteiger partial charge is 0.233 e. The van der Waals surface area contributed by atoms with Crippen LogP contribution in [-0.4, -0.2) is 35.0 Å². The van der Waals surface area contributed by atoms with E-state index in [0.717, 1.165) is 19.3 Å². The van der Waals surface area contributed by atoms with Gasteiger partial charge in [-0.3, -0.25) is 14.5 Å². The minimum atomic E-state index is -0.0402. The van der Waals surface area contributed by atoms with Crippen molar-refractivity contribution in [3.8, 4) is 0 Å². The number of rotatable bonds is 5. The summed E-state index contributed by atoms with van der Waals surface area (Å²) in [7, 11) is 0. The third kappa shape index (κ3) is 2.23. The molecule has 0 radical (unpaired) electrons. The highest BCUT2D eigenvalue weighted by Crippen LogP contribution is 2.44. The summed E-state index contributed by atoms with van der Waals surface area (Å²) in [4.78, 5) is 25.6. The van der Waals surface area contributed by atoms with Crippen LogP contribution in [-0.2, 0) is 9.59 Å². The minimum absolute atomic E-state index is 0.0360. The highest BCUT2D eigenvalue weighted by Gasteiger charge is 2.51. The van der Waals surface area contributed by atoms with Crippen molar-refractivity contribution in [1.82, 2.24) is 4.90 Å². The number of hydrogen-bond donors (Lipinski definition) is 1. The lowest BCUT2D eigenvalue weighted by Gasteiger charge is -2.17. The number of likely N-dealkylation sites (tertiary alicyclic amines) is 1. The number of fused-ring (bicyclic) bond motifs is 1. The second-order valence-electron chi connectivity index (χ2n) is 5.22. The molecular formula is C13H21NO3. The van der Waals surface area contributed by atoms with Crippen LogP contribution in [0, 0.1) is 17.8 Å². The molecule has 0 aromatic heterocycles. The molecule has 17 heavy (non-hydrogen) atoms. The number of carbonyl (C=O) groups excluding carboxylic acids is 2. The Morgan fingerprint density at radius 2 is 1.76 bits per heavy atom. The fourth-order valence-electron chi connectivity index (χ4n) is 3.13. The fraction of sp³-hybridized carbons (Fsp3) is 0.846. The van der Waals surface area contributed by atoms with Crippen LogP contribution in [0.25, 0.3) is 0 Å². The maximum Gasteiger partial charge on any atom is 0.233 e. The first-order valence-electron chi connectivity index (χ1n) is 6.65. The summed E-state index contributed by atoms with van der Waals surface area (Å²) in [6.45, 7) is 2.74. The van der Waals surface area contributed by atoms with Crippen molar-refractivity contribution in [3.05, 3.63) is 0 Å². The Morgan fingerprint density at radius 1 is 1.18 bits per heavy atom. The molecule has 1 N–H and O–H groups in total. The Kier molecular flexibility index (Phi) is 3.82. The van der Waals surface area contributed by atoms with E-state index in [1.54, 1.807) is 0 Å². The first-order chi connectivity index (χ1) is 8.19. The molecule has 4 heteroatoms. The van der Waals surface area contributed by atoms with Gasteiger partial charge in [-0.2, -0.15) is 0 Å². The number of aliphatic hydroxyl groups is 1. The number of carbonyl (C=O) groups is 2. The van der Waals surface area contributed by atoms with Crippen molar-refractivity contribution in [3.63, 3.8) is 0 Å². The topological polar surface area (TPSA) is 57.6 Å². The van der Waals surface area contributed by atoms with Crippen LogP contribution in [0.2, 0.25) is 0 Å². The van der Waals surface area contributed by atoms with E-state index in [9.17, 15) is 9.59 Å². The summed E-state index contributed by atoms with van der Waals surface area (Å²) in [5.74, 6) is 0.545. The molecule has 96 valence electrons. The second kappa shape index (κ2) is 5.17. The van der Waals surface area contributed by atoms with Crippen molar-refractivity contribution in [2.24, 2.45) is 17.8 Å². The molecule has 1 aliphatic carbocycles. The first-order valence-corrected chi connectivity index (χ1v) is 6.65. The van der Waals surface area contributed by atoms with Crippen molar-refractivity contribution < 1.29 is 14.7 Å². The van der Waals surface area contributed by atoms with E-state index in [4.69, 9.17) is 5.11 Å². The monoisotopic (exact) mass is 239 g/mol. The lowest BCUT2D eigenvalue weighted by molar-refractivity contribution is -0.140. The average molecular weight is 239 g/mol. The third-order valence-electron chi connectivity index (χ3n) is 4.19. The maximum absolute atomic E-state index is 12.1. The van der Waals surface area contributed by atoms with Gasteiger partial charge in [-0.15, -0.1) is 0 Å². The maximum atomic E-state index is 12.1. The van der Waals surface area contributed by atoms with Crippen LogP contribution in [0.1, 0.15) is 39.0 Å². The van der Waals surface area contributed by atoms with E-state index >= 15 is 0 Å². The number of amides is 2. The largest absolute Gasteiger partial charge is 0.396 e. The Balaban J connectivity index is 1.96. The van der Waals surface area contributed by atoms with Crippen molar-refractivity contribution in [1.29, 1.82) is 0 Å². The highest BCUT2D eigenvalue weighted by molar-refractivity contribution is 6.05. The number of aliphatic hydroxyl groups excluding tert-OH is 1. The molecule has 0 aromatic carbocycles. The third-order valence-corrected chi connectivity index (χ3v) is 4.19. The van der Waals surface area contributed by atoms with Gasteiger partial charge in [-0.25, -0.2) is 0 Å². The normalized spacial score (nSPS) is 32.4. The summed E-state index contributed by atoms with van der Waals surface area (Å²) in [5, 5.41) is 8.71. The molecule has 2 amide bonds. The lowest BCUT2D eigenvalue weighted by Crippen LogP contribution is -2.33. The average Bonchev–Trinajstić information content (AvgIpc) is 2.84. The zero-order valence-electron chi connectivity index (χ0n) is 10.4. The molecule has 2 unspecified atom stereocenters. The standard InChI is InChI=1S/C13H21NO3/c1-2-9-7-10-11(8-9)13(17)14(12(10)16)5-3-4-6-15/h9-11,15H,2-8H2,1H3. The molecule has 0 spiro atoms. The number of unbranched alkanes of at least 4 members (excludes halogenated alkanes) is 1. The predicted molar refractivity (Wildman–Crippen MR) is 63.0 cm³/mol. The molecule has 1 aliphatic heterocycles. The quantitative estimate of drug-likeness (QED) is 0.579. The van der Waals surface area contributed by atoms with Gasteiger partial charge in [0.2, 0.25) is 11.8 Å². The van der Waals surface area contributed by atoms with Crippen LogP contribution in [0.3, 0.4) is 0 Å². The molecule has 0 bridgehead atoms. The Labute approximate surface area is 102 Å². The van der Waals surface area contributed by atoms with Gasteiger partial charge in [0.1, 0.15) is 0 Å². The summed E-state index contributed by atoms with van der Waals surface area (Å²) in [6.07, 6.45) is 4.22. The summed E-state index contributed by atoms with van der Waals surface area (Å²) in [5.41, 5.74) is 0. The Morgan fingerprint density at radius 3 is 2.24 bits per heavy atom. The zero-order valence-corrected chi connectivity index (χ0v) is 10.4. The van der Waals surface area contributed by atoms with E-state index in [2.05, 4.69) is 6.92 Å². The highest BCUT2D eigenvalue weighted by atomic mass is 16.3. The van der Waals surface area contributed by atoms with Crippen molar-refractivity contribution in [2.45, 2.75) is 39.0 Å². The molecule has 2 aliphatic rings. The molecule has 1 heterocycles. The summed E-state index contributed by atoms with van der Waals surface area (Å²) < 4.78 is 0. The van der Waals surface area contributed by atoms with Gasteiger partial charge in [-0.1, -0.05) is 13.3 Å². The van der Waals surface area contributed by atoms with Crippen LogP contribution < -0.4 is 0 Å². The van der Waals surface area contributed by atoms with Gasteiger partial charge in [0.15, 0.2) is 0 Å². The molecule has 2 atom stereocenters. The Bertz CT molecular complexity index is 292. The van der Waals surface area contributed by atoms with E-state index in [0.29, 0.717) is 25.3 Å². The van der Waals surface area contributed by atoms with Crippen LogP contribution in [0.15, 0.2) is 0 Å². The molecule has 1 saturated heterocycles.